The van der Waals surface area contributed by atoms with E-state index in [0.29, 0.717) is 14.5 Å². The second kappa shape index (κ2) is 6.16. The Hall–Kier alpha value is -0.760. The molecule has 8 heteroatoms. The zero-order chi connectivity index (χ0) is 15.8. The molecule has 2 aromatic rings. The number of thiophene rings is 1. The number of anilines is 2. The number of aryl methyl sites for hydroxylation is 1. The summed E-state index contributed by atoms with van der Waals surface area (Å²) >= 11 is 10.2. The Morgan fingerprint density at radius 1 is 1.29 bits per heavy atom. The maximum atomic E-state index is 12.3. The quantitative estimate of drug-likeness (QED) is 0.817. The number of nitrogens with zero attached hydrogens (tertiary/aromatic N) is 1. The zero-order valence-corrected chi connectivity index (χ0v) is 15.6. The minimum absolute atomic E-state index is 0.173. The molecule has 0 bridgehead atoms. The smallest absolute Gasteiger partial charge is 0.271 e. The van der Waals surface area contributed by atoms with Gasteiger partial charge in [-0.3, -0.25) is 4.72 Å². The number of hydrogen-bond donors (Lipinski definition) is 1. The molecule has 1 N–H and O–H groups in total. The van der Waals surface area contributed by atoms with Gasteiger partial charge in [0.1, 0.15) is 4.21 Å². The molecular weight excluding hydrogens is 396 g/mol. The summed E-state index contributed by atoms with van der Waals surface area (Å²) in [6.07, 6.45) is 0. The fourth-order valence-electron chi connectivity index (χ4n) is 1.82. The van der Waals surface area contributed by atoms with E-state index in [-0.39, 0.29) is 4.21 Å². The number of rotatable bonds is 4. The molecule has 0 aliphatic rings. The van der Waals surface area contributed by atoms with Crippen molar-refractivity contribution in [1.82, 2.24) is 0 Å². The van der Waals surface area contributed by atoms with Crippen LogP contribution in [0.3, 0.4) is 0 Å². The van der Waals surface area contributed by atoms with Crippen LogP contribution in [-0.2, 0) is 10.0 Å². The van der Waals surface area contributed by atoms with E-state index < -0.39 is 10.0 Å². The van der Waals surface area contributed by atoms with E-state index in [1.54, 1.807) is 12.1 Å². The van der Waals surface area contributed by atoms with Crippen LogP contribution in [0.1, 0.15) is 5.56 Å². The number of hydrogen-bond acceptors (Lipinski definition) is 4. The van der Waals surface area contributed by atoms with Gasteiger partial charge in [0.15, 0.2) is 0 Å². The second-order valence-electron chi connectivity index (χ2n) is 4.69. The van der Waals surface area contributed by atoms with Crippen molar-refractivity contribution >= 4 is 60.3 Å². The SMILES string of the molecule is Cc1ccc(NS(=O)(=O)c2cc(Cl)c(Br)s2)cc1N(C)C. The lowest BCUT2D eigenvalue weighted by atomic mass is 10.2. The first kappa shape index (κ1) is 16.6. The van der Waals surface area contributed by atoms with Gasteiger partial charge in [-0.05, 0) is 46.6 Å². The van der Waals surface area contributed by atoms with Crippen LogP contribution in [0.2, 0.25) is 5.02 Å². The van der Waals surface area contributed by atoms with Crippen molar-refractivity contribution in [1.29, 1.82) is 0 Å². The summed E-state index contributed by atoms with van der Waals surface area (Å²) in [6.45, 7) is 1.98. The molecule has 0 radical (unpaired) electrons. The van der Waals surface area contributed by atoms with Gasteiger partial charge in [-0.2, -0.15) is 0 Å². The molecule has 0 unspecified atom stereocenters. The van der Waals surface area contributed by atoms with Gasteiger partial charge in [0.05, 0.1) is 14.5 Å². The first-order chi connectivity index (χ1) is 9.70. The molecule has 0 atom stereocenters. The first-order valence-corrected chi connectivity index (χ1v) is 9.43. The van der Waals surface area contributed by atoms with Crippen molar-refractivity contribution in [3.8, 4) is 0 Å². The molecule has 4 nitrogen and oxygen atoms in total. The standard InChI is InChI=1S/C13H14BrClN2O2S2/c1-8-4-5-9(6-11(8)17(2)3)16-21(18,19)12-7-10(15)13(14)20-12/h4-7,16H,1-3H3. The molecule has 2 rings (SSSR count). The third kappa shape index (κ3) is 3.71. The van der Waals surface area contributed by atoms with E-state index in [0.717, 1.165) is 22.6 Å². The molecule has 0 saturated carbocycles. The number of sulfonamides is 1. The minimum Gasteiger partial charge on any atom is -0.377 e. The van der Waals surface area contributed by atoms with E-state index in [1.807, 2.05) is 32.0 Å². The van der Waals surface area contributed by atoms with Gasteiger partial charge in [-0.15, -0.1) is 11.3 Å². The largest absolute Gasteiger partial charge is 0.377 e. The van der Waals surface area contributed by atoms with Crippen LogP contribution in [0.25, 0.3) is 0 Å². The van der Waals surface area contributed by atoms with Gasteiger partial charge in [0.2, 0.25) is 0 Å². The molecular formula is C13H14BrClN2O2S2. The summed E-state index contributed by atoms with van der Waals surface area (Å²) in [5, 5.41) is 0.387. The van der Waals surface area contributed by atoms with Crippen molar-refractivity contribution in [2.45, 2.75) is 11.1 Å². The van der Waals surface area contributed by atoms with Crippen LogP contribution in [0.15, 0.2) is 32.3 Å². The van der Waals surface area contributed by atoms with E-state index in [2.05, 4.69) is 20.7 Å². The highest BCUT2D eigenvalue weighted by Crippen LogP contribution is 2.35. The molecule has 1 aromatic carbocycles. The van der Waals surface area contributed by atoms with Crippen molar-refractivity contribution < 1.29 is 8.42 Å². The van der Waals surface area contributed by atoms with E-state index in [9.17, 15) is 8.42 Å². The lowest BCUT2D eigenvalue weighted by Crippen LogP contribution is -2.14. The van der Waals surface area contributed by atoms with Crippen molar-refractivity contribution in [2.75, 3.05) is 23.7 Å². The van der Waals surface area contributed by atoms with Crippen LogP contribution in [0.4, 0.5) is 11.4 Å². The third-order valence-electron chi connectivity index (χ3n) is 2.83. The summed E-state index contributed by atoms with van der Waals surface area (Å²) in [7, 11) is 0.192. The Balaban J connectivity index is 2.35. The van der Waals surface area contributed by atoms with Crippen LogP contribution in [0, 0.1) is 6.92 Å². The molecule has 114 valence electrons. The van der Waals surface area contributed by atoms with Crippen LogP contribution >= 0.6 is 38.9 Å². The predicted molar refractivity (Wildman–Crippen MR) is 93.3 cm³/mol. The Bertz CT molecular complexity index is 753. The Kier molecular flexibility index (Phi) is 4.87. The van der Waals surface area contributed by atoms with E-state index in [4.69, 9.17) is 11.6 Å². The lowest BCUT2D eigenvalue weighted by Gasteiger charge is -2.17. The van der Waals surface area contributed by atoms with Gasteiger partial charge in [0, 0.05) is 19.8 Å². The molecule has 1 heterocycles. The fraction of sp³-hybridized carbons (Fsp3) is 0.231. The van der Waals surface area contributed by atoms with Crippen molar-refractivity contribution in [3.05, 3.63) is 38.6 Å². The lowest BCUT2D eigenvalue weighted by molar-refractivity contribution is 0.603. The highest BCUT2D eigenvalue weighted by atomic mass is 79.9. The highest BCUT2D eigenvalue weighted by Gasteiger charge is 2.19. The second-order valence-corrected chi connectivity index (χ2v) is 9.37. The maximum absolute atomic E-state index is 12.3. The average Bonchev–Trinajstić information content (AvgIpc) is 2.72. The molecule has 0 fully saturated rings. The number of benzene rings is 1. The first-order valence-electron chi connectivity index (χ1n) is 5.96. The minimum atomic E-state index is -3.63. The monoisotopic (exact) mass is 408 g/mol. The normalized spacial score (nSPS) is 11.5. The van der Waals surface area contributed by atoms with Gasteiger partial charge in [-0.25, -0.2) is 8.42 Å². The molecule has 0 aliphatic carbocycles. The molecule has 0 amide bonds. The summed E-state index contributed by atoms with van der Waals surface area (Å²) in [5.41, 5.74) is 2.55. The van der Waals surface area contributed by atoms with Gasteiger partial charge in [0.25, 0.3) is 10.0 Å². The van der Waals surface area contributed by atoms with Crippen molar-refractivity contribution in [2.24, 2.45) is 0 Å². The third-order valence-corrected chi connectivity index (χ3v) is 7.16. The Morgan fingerprint density at radius 3 is 2.48 bits per heavy atom. The molecule has 0 aliphatic heterocycles. The molecule has 0 saturated heterocycles. The predicted octanol–water partition coefficient (Wildman–Crippen LogP) is 4.34. The summed E-state index contributed by atoms with van der Waals surface area (Å²) in [5.74, 6) is 0. The topological polar surface area (TPSA) is 49.4 Å². The number of nitrogens with one attached hydrogen (secondary N) is 1. The Labute approximate surface area is 141 Å². The number of halogens is 2. The molecule has 0 spiro atoms. The summed E-state index contributed by atoms with van der Waals surface area (Å²) in [6, 6.07) is 6.85. The maximum Gasteiger partial charge on any atom is 0.271 e. The fourth-order valence-corrected chi connectivity index (χ4v) is 5.27. The van der Waals surface area contributed by atoms with Crippen LogP contribution in [0.5, 0.6) is 0 Å². The van der Waals surface area contributed by atoms with Crippen molar-refractivity contribution in [3.63, 3.8) is 0 Å². The van der Waals surface area contributed by atoms with E-state index >= 15 is 0 Å². The Morgan fingerprint density at radius 2 is 1.95 bits per heavy atom. The van der Waals surface area contributed by atoms with E-state index in [1.165, 1.54) is 6.07 Å². The summed E-state index contributed by atoms with van der Waals surface area (Å²) < 4.78 is 28.0. The van der Waals surface area contributed by atoms with Gasteiger partial charge >= 0.3 is 0 Å². The highest BCUT2D eigenvalue weighted by molar-refractivity contribution is 9.11. The average molecular weight is 410 g/mol. The van der Waals surface area contributed by atoms with Crippen LogP contribution < -0.4 is 9.62 Å². The molecule has 21 heavy (non-hydrogen) atoms. The van der Waals surface area contributed by atoms with Gasteiger partial charge in [-0.1, -0.05) is 17.7 Å². The summed E-state index contributed by atoms with van der Waals surface area (Å²) in [4.78, 5) is 1.94. The molecule has 1 aromatic heterocycles. The van der Waals surface area contributed by atoms with Crippen LogP contribution in [-0.4, -0.2) is 22.5 Å². The zero-order valence-electron chi connectivity index (χ0n) is 11.6. The van der Waals surface area contributed by atoms with Gasteiger partial charge < -0.3 is 4.90 Å².